The number of carbonyl (C=O) groups is 1. The summed E-state index contributed by atoms with van der Waals surface area (Å²) < 4.78 is 9.77. The van der Waals surface area contributed by atoms with Gasteiger partial charge in [-0.05, 0) is 6.07 Å². The fraction of sp³-hybridized carbons (Fsp3) is 0.250. The van der Waals surface area contributed by atoms with Gasteiger partial charge in [-0.15, -0.1) is 0 Å². The van der Waals surface area contributed by atoms with Crippen molar-refractivity contribution in [2.24, 2.45) is 0 Å². The molecular weight excluding hydrogens is 302 g/mol. The standard InChI is InChI=1S/C12H12ClN3O3S/c1-18-10-7(4-3-5-14-10)6-15-12-16-9(13)8(20-12)11(17)19-2/h3-5H,6H2,1-2H3,(H,15,16). The van der Waals surface area contributed by atoms with Gasteiger partial charge in [0.15, 0.2) is 15.2 Å². The molecule has 0 radical (unpaired) electrons. The summed E-state index contributed by atoms with van der Waals surface area (Å²) in [4.78, 5) is 19.9. The Morgan fingerprint density at radius 1 is 1.50 bits per heavy atom. The number of thiazole rings is 1. The lowest BCUT2D eigenvalue weighted by Gasteiger charge is -2.06. The number of nitrogens with zero attached hydrogens (tertiary/aromatic N) is 2. The molecule has 6 nitrogen and oxygen atoms in total. The van der Waals surface area contributed by atoms with E-state index in [9.17, 15) is 4.79 Å². The zero-order valence-corrected chi connectivity index (χ0v) is 12.4. The molecule has 20 heavy (non-hydrogen) atoms. The van der Waals surface area contributed by atoms with Gasteiger partial charge >= 0.3 is 5.97 Å². The highest BCUT2D eigenvalue weighted by Gasteiger charge is 2.17. The summed E-state index contributed by atoms with van der Waals surface area (Å²) in [6.45, 7) is 0.460. The molecule has 0 aliphatic heterocycles. The average molecular weight is 314 g/mol. The highest BCUT2D eigenvalue weighted by molar-refractivity contribution is 7.18. The Bertz CT molecular complexity index is 618. The van der Waals surface area contributed by atoms with Crippen LogP contribution in [0.15, 0.2) is 18.3 Å². The van der Waals surface area contributed by atoms with Gasteiger partial charge in [0.1, 0.15) is 0 Å². The summed E-state index contributed by atoms with van der Waals surface area (Å²) in [5.41, 5.74) is 0.876. The van der Waals surface area contributed by atoms with Crippen LogP contribution >= 0.6 is 22.9 Å². The van der Waals surface area contributed by atoms with Crippen molar-refractivity contribution in [1.82, 2.24) is 9.97 Å². The Hall–Kier alpha value is -1.86. The number of rotatable bonds is 5. The van der Waals surface area contributed by atoms with Gasteiger partial charge in [0.2, 0.25) is 5.88 Å². The first-order valence-electron chi connectivity index (χ1n) is 5.62. The van der Waals surface area contributed by atoms with Gasteiger partial charge in [0, 0.05) is 18.3 Å². The lowest BCUT2D eigenvalue weighted by Crippen LogP contribution is -2.02. The van der Waals surface area contributed by atoms with Crippen LogP contribution in [0.4, 0.5) is 5.13 Å². The molecule has 106 valence electrons. The third-order valence-corrected chi connectivity index (χ3v) is 3.81. The molecule has 0 saturated heterocycles. The number of methoxy groups -OCH3 is 2. The molecule has 2 aromatic rings. The van der Waals surface area contributed by atoms with Crippen molar-refractivity contribution in [1.29, 1.82) is 0 Å². The average Bonchev–Trinajstić information content (AvgIpc) is 2.85. The first-order chi connectivity index (χ1) is 9.65. The molecular formula is C12H12ClN3O3S. The SMILES string of the molecule is COC(=O)c1sc(NCc2cccnc2OC)nc1Cl. The van der Waals surface area contributed by atoms with Gasteiger partial charge in [0.25, 0.3) is 0 Å². The molecule has 0 saturated carbocycles. The summed E-state index contributed by atoms with van der Waals surface area (Å²) in [5, 5.41) is 3.73. The summed E-state index contributed by atoms with van der Waals surface area (Å²) in [6.07, 6.45) is 1.65. The molecule has 0 spiro atoms. The van der Waals surface area contributed by atoms with E-state index in [1.807, 2.05) is 12.1 Å². The van der Waals surface area contributed by atoms with Gasteiger partial charge in [-0.2, -0.15) is 0 Å². The minimum absolute atomic E-state index is 0.127. The Balaban J connectivity index is 2.10. The largest absolute Gasteiger partial charge is 0.481 e. The molecule has 0 atom stereocenters. The second-order valence-electron chi connectivity index (χ2n) is 3.66. The van der Waals surface area contributed by atoms with Gasteiger partial charge < -0.3 is 14.8 Å². The van der Waals surface area contributed by atoms with Crippen LogP contribution in [0.3, 0.4) is 0 Å². The van der Waals surface area contributed by atoms with Crippen molar-refractivity contribution in [3.63, 3.8) is 0 Å². The van der Waals surface area contributed by atoms with Gasteiger partial charge in [0.05, 0.1) is 14.2 Å². The van der Waals surface area contributed by atoms with Crippen LogP contribution in [0.1, 0.15) is 15.2 Å². The van der Waals surface area contributed by atoms with Crippen LogP contribution in [0.2, 0.25) is 5.15 Å². The van der Waals surface area contributed by atoms with E-state index in [0.717, 1.165) is 16.9 Å². The number of carbonyl (C=O) groups excluding carboxylic acids is 1. The summed E-state index contributed by atoms with van der Waals surface area (Å²) in [5.74, 6) is 0.0374. The lowest BCUT2D eigenvalue weighted by atomic mass is 10.3. The maximum atomic E-state index is 11.4. The van der Waals surface area contributed by atoms with Crippen molar-refractivity contribution >= 4 is 34.0 Å². The van der Waals surface area contributed by atoms with Crippen molar-refractivity contribution in [3.8, 4) is 5.88 Å². The molecule has 0 bridgehead atoms. The van der Waals surface area contributed by atoms with Crippen molar-refractivity contribution in [2.75, 3.05) is 19.5 Å². The van der Waals surface area contributed by atoms with Crippen LogP contribution in [-0.4, -0.2) is 30.2 Å². The van der Waals surface area contributed by atoms with E-state index < -0.39 is 5.97 Å². The fourth-order valence-corrected chi connectivity index (χ4v) is 2.61. The van der Waals surface area contributed by atoms with Crippen molar-refractivity contribution in [3.05, 3.63) is 33.9 Å². The molecule has 0 fully saturated rings. The number of anilines is 1. The van der Waals surface area contributed by atoms with Gasteiger partial charge in [-0.3, -0.25) is 0 Å². The van der Waals surface area contributed by atoms with E-state index in [0.29, 0.717) is 17.6 Å². The Morgan fingerprint density at radius 3 is 3.00 bits per heavy atom. The molecule has 2 rings (SSSR count). The third kappa shape index (κ3) is 3.17. The zero-order chi connectivity index (χ0) is 14.5. The minimum Gasteiger partial charge on any atom is -0.481 e. The molecule has 0 aromatic carbocycles. The fourth-order valence-electron chi connectivity index (χ4n) is 1.51. The summed E-state index contributed by atoms with van der Waals surface area (Å²) in [6, 6.07) is 3.70. The normalized spacial score (nSPS) is 10.2. The van der Waals surface area contributed by atoms with Crippen molar-refractivity contribution < 1.29 is 14.3 Å². The first-order valence-corrected chi connectivity index (χ1v) is 6.81. The predicted octanol–water partition coefficient (Wildman–Crippen LogP) is 2.60. The summed E-state index contributed by atoms with van der Waals surface area (Å²) in [7, 11) is 2.85. The van der Waals surface area contributed by atoms with E-state index in [1.54, 1.807) is 13.3 Å². The van der Waals surface area contributed by atoms with Crippen LogP contribution < -0.4 is 10.1 Å². The lowest BCUT2D eigenvalue weighted by molar-refractivity contribution is 0.0606. The van der Waals surface area contributed by atoms with Crippen LogP contribution in [0.25, 0.3) is 0 Å². The van der Waals surface area contributed by atoms with E-state index >= 15 is 0 Å². The van der Waals surface area contributed by atoms with Gasteiger partial charge in [-0.1, -0.05) is 29.0 Å². The Morgan fingerprint density at radius 2 is 2.30 bits per heavy atom. The third-order valence-electron chi connectivity index (χ3n) is 2.43. The second kappa shape index (κ2) is 6.53. The van der Waals surface area contributed by atoms with Gasteiger partial charge in [-0.25, -0.2) is 14.8 Å². The molecule has 8 heteroatoms. The van der Waals surface area contributed by atoms with E-state index in [-0.39, 0.29) is 10.0 Å². The number of nitrogens with one attached hydrogen (secondary N) is 1. The number of hydrogen-bond donors (Lipinski definition) is 1. The van der Waals surface area contributed by atoms with Crippen LogP contribution in [-0.2, 0) is 11.3 Å². The number of ether oxygens (including phenoxy) is 2. The number of pyridine rings is 1. The maximum absolute atomic E-state index is 11.4. The number of hydrogen-bond acceptors (Lipinski definition) is 7. The molecule has 2 aromatic heterocycles. The predicted molar refractivity (Wildman–Crippen MR) is 76.6 cm³/mol. The molecule has 0 unspecified atom stereocenters. The summed E-state index contributed by atoms with van der Waals surface area (Å²) >= 11 is 7.02. The number of halogens is 1. The zero-order valence-electron chi connectivity index (χ0n) is 10.8. The Labute approximate surface area is 124 Å². The maximum Gasteiger partial charge on any atom is 0.351 e. The number of esters is 1. The number of aromatic nitrogens is 2. The smallest absolute Gasteiger partial charge is 0.351 e. The molecule has 1 N–H and O–H groups in total. The van der Waals surface area contributed by atoms with Crippen LogP contribution in [0, 0.1) is 0 Å². The quantitative estimate of drug-likeness (QED) is 0.855. The van der Waals surface area contributed by atoms with E-state index in [4.69, 9.17) is 16.3 Å². The second-order valence-corrected chi connectivity index (χ2v) is 5.01. The van der Waals surface area contributed by atoms with E-state index in [2.05, 4.69) is 20.0 Å². The van der Waals surface area contributed by atoms with E-state index in [1.165, 1.54) is 7.11 Å². The minimum atomic E-state index is -0.500. The molecule has 0 aliphatic rings. The van der Waals surface area contributed by atoms with Crippen molar-refractivity contribution in [2.45, 2.75) is 6.54 Å². The topological polar surface area (TPSA) is 73.3 Å². The monoisotopic (exact) mass is 313 g/mol. The molecule has 0 aliphatic carbocycles. The highest BCUT2D eigenvalue weighted by Crippen LogP contribution is 2.28. The molecule has 0 amide bonds. The molecule has 2 heterocycles. The Kier molecular flexibility index (Phi) is 4.75. The van der Waals surface area contributed by atoms with Crippen LogP contribution in [0.5, 0.6) is 5.88 Å². The highest BCUT2D eigenvalue weighted by atomic mass is 35.5. The first kappa shape index (κ1) is 14.5.